The minimum Gasteiger partial charge on any atom is -0.394 e. The predicted octanol–water partition coefficient (Wildman–Crippen LogP) is 9.31. The maximum Gasteiger partial charge on any atom is 0.397 e. The largest absolute Gasteiger partial charge is 0.397 e. The van der Waals surface area contributed by atoms with Crippen LogP contribution in [0.4, 0.5) is 0 Å². The van der Waals surface area contributed by atoms with Crippen molar-refractivity contribution < 1.29 is 57.0 Å². The van der Waals surface area contributed by atoms with Gasteiger partial charge >= 0.3 is 10.4 Å². The van der Waals surface area contributed by atoms with E-state index in [1.54, 1.807) is 6.08 Å². The fraction of sp³-hybridized carbons (Fsp3) is 0.938. The number of aliphatic hydroxyl groups is 5. The zero-order valence-corrected chi connectivity index (χ0v) is 39.9. The second kappa shape index (κ2) is 39.0. The Balaban J connectivity index is 2.52. The summed E-state index contributed by atoms with van der Waals surface area (Å²) in [6, 6.07) is -1.11. The molecular weight excluding hydrogens is 815 g/mol. The first-order valence-corrected chi connectivity index (χ1v) is 26.5. The second-order valence-electron chi connectivity index (χ2n) is 17.9. The first kappa shape index (κ1) is 58.8. The fourth-order valence-corrected chi connectivity index (χ4v) is 8.68. The molecule has 0 aromatic carbocycles. The van der Waals surface area contributed by atoms with Crippen molar-refractivity contribution in [2.45, 2.75) is 275 Å². The van der Waals surface area contributed by atoms with Gasteiger partial charge in [-0.3, -0.25) is 9.35 Å². The Morgan fingerprint density at radius 2 is 1.05 bits per heavy atom. The van der Waals surface area contributed by atoms with Crippen LogP contribution in [0.25, 0.3) is 0 Å². The number of aliphatic hydroxyl groups excluding tert-OH is 5. The fourth-order valence-electron chi connectivity index (χ4n) is 8.17. The summed E-state index contributed by atoms with van der Waals surface area (Å²) in [6.45, 7) is 3.24. The van der Waals surface area contributed by atoms with Crippen molar-refractivity contribution >= 4 is 16.3 Å². The van der Waals surface area contributed by atoms with Crippen LogP contribution in [0.5, 0.6) is 0 Å². The van der Waals surface area contributed by atoms with Crippen molar-refractivity contribution in [2.24, 2.45) is 0 Å². The molecule has 0 aromatic rings. The highest BCUT2D eigenvalue weighted by atomic mass is 32.3. The number of carbonyl (C=O) groups is 1. The van der Waals surface area contributed by atoms with Crippen LogP contribution in [0, 0.1) is 0 Å². The molecule has 368 valence electrons. The van der Waals surface area contributed by atoms with Crippen molar-refractivity contribution in [1.29, 1.82) is 0 Å². The minimum absolute atomic E-state index is 0.248. The number of hydrogen-bond acceptors (Lipinski definition) is 11. The van der Waals surface area contributed by atoms with Gasteiger partial charge in [0, 0.05) is 0 Å². The summed E-state index contributed by atoms with van der Waals surface area (Å²) in [5, 5.41) is 55.3. The molecule has 0 saturated carbocycles. The Kier molecular flexibility index (Phi) is 37.0. The molecule has 62 heavy (non-hydrogen) atoms. The van der Waals surface area contributed by atoms with Crippen LogP contribution >= 0.6 is 0 Å². The summed E-state index contributed by atoms with van der Waals surface area (Å²) in [7, 11) is -5.12. The highest BCUT2D eigenvalue weighted by Gasteiger charge is 2.48. The normalized spacial score (nSPS) is 21.1. The Morgan fingerprint density at radius 3 is 1.45 bits per heavy atom. The van der Waals surface area contributed by atoms with Gasteiger partial charge in [-0.1, -0.05) is 219 Å². The van der Waals surface area contributed by atoms with Gasteiger partial charge in [0.2, 0.25) is 5.91 Å². The number of allylic oxidation sites excluding steroid dienone is 1. The van der Waals surface area contributed by atoms with Gasteiger partial charge in [-0.15, -0.1) is 0 Å². The van der Waals surface area contributed by atoms with Crippen molar-refractivity contribution in [3.05, 3.63) is 12.2 Å². The Morgan fingerprint density at radius 1 is 0.645 bits per heavy atom. The number of rotatable bonds is 43. The molecule has 0 aromatic heterocycles. The van der Waals surface area contributed by atoms with Crippen LogP contribution in [0.3, 0.4) is 0 Å². The summed E-state index contributed by atoms with van der Waals surface area (Å²) < 4.78 is 47.6. The standard InChI is InChI=1S/C48H93NO12S/c1-3-5-7-9-11-13-15-17-18-19-20-21-22-23-25-26-28-30-32-34-36-41(51)40(39-59-48-45(54)46(61-62(56,57)58)44(53)43(38-50)60-48)49-47(55)42(52)37-35-33-31-29-27-24-16-14-12-10-8-6-4-2/h34,36,40-46,48,50-54H,3-33,35,37-39H2,1-2H3,(H,49,55)(H,56,57,58)/b36-34+. The molecule has 13 nitrogen and oxygen atoms in total. The lowest BCUT2D eigenvalue weighted by molar-refractivity contribution is -0.298. The molecular formula is C48H93NO12S. The molecule has 14 heteroatoms. The second-order valence-corrected chi connectivity index (χ2v) is 19.0. The monoisotopic (exact) mass is 908 g/mol. The van der Waals surface area contributed by atoms with E-state index in [0.29, 0.717) is 12.8 Å². The molecule has 1 aliphatic rings. The van der Waals surface area contributed by atoms with Crippen molar-refractivity contribution in [3.63, 3.8) is 0 Å². The Bertz CT molecular complexity index is 1180. The predicted molar refractivity (Wildman–Crippen MR) is 247 cm³/mol. The smallest absolute Gasteiger partial charge is 0.394 e. The van der Waals surface area contributed by atoms with Gasteiger partial charge in [0.1, 0.15) is 30.5 Å². The maximum atomic E-state index is 13.1. The van der Waals surface area contributed by atoms with Crippen molar-refractivity contribution in [2.75, 3.05) is 13.2 Å². The van der Waals surface area contributed by atoms with Crippen LogP contribution in [-0.4, -0.2) is 107 Å². The SMILES string of the molecule is CCCCCCCCCCCCCCCCCCCC/C=C/C(O)C(COC1OC(CO)C(O)C(OS(=O)(=O)O)C1O)NC(=O)C(O)CCCCCCCCCCCCCCC. The van der Waals surface area contributed by atoms with Crippen LogP contribution < -0.4 is 5.32 Å². The topological polar surface area (TPSA) is 212 Å². The van der Waals surface area contributed by atoms with Gasteiger partial charge < -0.3 is 40.3 Å². The molecule has 1 fully saturated rings. The number of carbonyl (C=O) groups excluding carboxylic acids is 1. The Hall–Kier alpha value is -1.20. The summed E-state index contributed by atoms with van der Waals surface area (Å²) in [4.78, 5) is 13.1. The van der Waals surface area contributed by atoms with Gasteiger partial charge in [0.05, 0.1) is 25.4 Å². The van der Waals surface area contributed by atoms with Crippen LogP contribution in [0.15, 0.2) is 12.2 Å². The highest BCUT2D eigenvalue weighted by Crippen LogP contribution is 2.26. The molecule has 1 aliphatic heterocycles. The van der Waals surface area contributed by atoms with Crippen molar-refractivity contribution in [1.82, 2.24) is 5.32 Å². The van der Waals surface area contributed by atoms with Crippen molar-refractivity contribution in [3.8, 4) is 0 Å². The Labute approximate surface area is 377 Å². The molecule has 7 N–H and O–H groups in total. The molecule has 0 spiro atoms. The molecule has 8 unspecified atom stereocenters. The third kappa shape index (κ3) is 30.8. The molecule has 1 amide bonds. The summed E-state index contributed by atoms with van der Waals surface area (Å²) in [5.74, 6) is -0.699. The summed E-state index contributed by atoms with van der Waals surface area (Å²) in [6.07, 6.45) is 31.5. The van der Waals surface area contributed by atoms with E-state index in [9.17, 15) is 43.3 Å². The molecule has 1 saturated heterocycles. The van der Waals surface area contributed by atoms with E-state index in [4.69, 9.17) is 9.47 Å². The number of hydrogen-bond donors (Lipinski definition) is 7. The third-order valence-corrected chi connectivity index (χ3v) is 12.6. The van der Waals surface area contributed by atoms with E-state index in [2.05, 4.69) is 23.3 Å². The molecule has 0 bridgehead atoms. The number of nitrogens with one attached hydrogen (secondary N) is 1. The lowest BCUT2D eigenvalue weighted by Crippen LogP contribution is -2.61. The highest BCUT2D eigenvalue weighted by molar-refractivity contribution is 7.80. The molecule has 0 aliphatic carbocycles. The van der Waals surface area contributed by atoms with E-state index < -0.39 is 78.5 Å². The number of amides is 1. The number of unbranched alkanes of at least 4 members (excludes halogenated alkanes) is 30. The first-order valence-electron chi connectivity index (χ1n) is 25.2. The van der Waals surface area contributed by atoms with Crippen LogP contribution in [0.1, 0.15) is 226 Å². The quantitative estimate of drug-likeness (QED) is 0.0173. The van der Waals surface area contributed by atoms with Gasteiger partial charge in [-0.05, 0) is 19.3 Å². The lowest BCUT2D eigenvalue weighted by atomic mass is 9.99. The zero-order chi connectivity index (χ0) is 45.7. The van der Waals surface area contributed by atoms with E-state index in [1.807, 2.05) is 6.08 Å². The zero-order valence-electron chi connectivity index (χ0n) is 39.1. The molecule has 8 atom stereocenters. The van der Waals surface area contributed by atoms with E-state index >= 15 is 0 Å². The molecule has 0 radical (unpaired) electrons. The summed E-state index contributed by atoms with van der Waals surface area (Å²) in [5.41, 5.74) is 0. The lowest BCUT2D eigenvalue weighted by Gasteiger charge is -2.41. The van der Waals surface area contributed by atoms with Gasteiger partial charge in [-0.25, -0.2) is 4.18 Å². The minimum atomic E-state index is -5.12. The maximum absolute atomic E-state index is 13.1. The first-order chi connectivity index (χ1) is 29.9. The number of ether oxygens (including phenoxy) is 2. The summed E-state index contributed by atoms with van der Waals surface area (Å²) >= 11 is 0. The molecule has 1 heterocycles. The van der Waals surface area contributed by atoms with Gasteiger partial charge in [0.15, 0.2) is 6.29 Å². The third-order valence-electron chi connectivity index (χ3n) is 12.2. The van der Waals surface area contributed by atoms with E-state index in [1.165, 1.54) is 154 Å². The average Bonchev–Trinajstić information content (AvgIpc) is 3.24. The van der Waals surface area contributed by atoms with E-state index in [-0.39, 0.29) is 6.42 Å². The van der Waals surface area contributed by atoms with Gasteiger partial charge in [0.25, 0.3) is 0 Å². The average molecular weight is 908 g/mol. The van der Waals surface area contributed by atoms with Gasteiger partial charge in [-0.2, -0.15) is 8.42 Å². The van der Waals surface area contributed by atoms with Crippen LogP contribution in [-0.2, 0) is 28.9 Å². The van der Waals surface area contributed by atoms with E-state index in [0.717, 1.165) is 38.5 Å². The van der Waals surface area contributed by atoms with Crippen LogP contribution in [0.2, 0.25) is 0 Å². The molecule has 1 rings (SSSR count).